The SMILES string of the molecule is OC(CN1CCN(c2nc3ccccc3s2)CC1)c1ccc(F)cc1F. The first-order valence-electron chi connectivity index (χ1n) is 8.56. The molecule has 4 rings (SSSR count). The summed E-state index contributed by atoms with van der Waals surface area (Å²) in [6, 6.07) is 11.4. The summed E-state index contributed by atoms with van der Waals surface area (Å²) >= 11 is 1.68. The van der Waals surface area contributed by atoms with Crippen LogP contribution in [-0.4, -0.2) is 47.7 Å². The number of hydrogen-bond donors (Lipinski definition) is 1. The summed E-state index contributed by atoms with van der Waals surface area (Å²) < 4.78 is 28.0. The van der Waals surface area contributed by atoms with Crippen molar-refractivity contribution in [1.82, 2.24) is 9.88 Å². The predicted octanol–water partition coefficient (Wildman–Crippen LogP) is 3.43. The van der Waals surface area contributed by atoms with E-state index < -0.39 is 17.7 Å². The largest absolute Gasteiger partial charge is 0.387 e. The lowest BCUT2D eigenvalue weighted by Crippen LogP contribution is -2.47. The summed E-state index contributed by atoms with van der Waals surface area (Å²) in [5.41, 5.74) is 1.15. The molecule has 1 unspecified atom stereocenters. The highest BCUT2D eigenvalue weighted by Gasteiger charge is 2.23. The van der Waals surface area contributed by atoms with Gasteiger partial charge in [0.15, 0.2) is 5.13 Å². The molecule has 7 heteroatoms. The van der Waals surface area contributed by atoms with Crippen molar-refractivity contribution in [3.8, 4) is 0 Å². The van der Waals surface area contributed by atoms with Crippen LogP contribution >= 0.6 is 11.3 Å². The molecule has 0 spiro atoms. The van der Waals surface area contributed by atoms with E-state index >= 15 is 0 Å². The highest BCUT2D eigenvalue weighted by atomic mass is 32.1. The van der Waals surface area contributed by atoms with Crippen LogP contribution in [0.4, 0.5) is 13.9 Å². The molecule has 1 N–H and O–H groups in total. The number of halogens is 2. The van der Waals surface area contributed by atoms with Gasteiger partial charge in [0.05, 0.1) is 16.3 Å². The fourth-order valence-corrected chi connectivity index (χ4v) is 4.25. The average Bonchev–Trinajstić information content (AvgIpc) is 3.06. The smallest absolute Gasteiger partial charge is 0.186 e. The van der Waals surface area contributed by atoms with Gasteiger partial charge in [-0.1, -0.05) is 29.5 Å². The molecule has 2 heterocycles. The second kappa shape index (κ2) is 7.26. The van der Waals surface area contributed by atoms with Gasteiger partial charge < -0.3 is 10.0 Å². The first-order chi connectivity index (χ1) is 12.6. The second-order valence-corrected chi connectivity index (χ2v) is 7.44. The molecule has 3 aromatic rings. The number of β-amino-alcohol motifs (C(OH)–C–C–N with tert-alkyl or cyclic N) is 1. The van der Waals surface area contributed by atoms with Gasteiger partial charge in [-0.15, -0.1) is 0 Å². The Morgan fingerprint density at radius 2 is 1.85 bits per heavy atom. The number of rotatable bonds is 4. The molecule has 1 aromatic heterocycles. The van der Waals surface area contributed by atoms with E-state index in [9.17, 15) is 13.9 Å². The highest BCUT2D eigenvalue weighted by molar-refractivity contribution is 7.22. The fourth-order valence-electron chi connectivity index (χ4n) is 3.23. The molecule has 1 atom stereocenters. The summed E-state index contributed by atoms with van der Waals surface area (Å²) in [4.78, 5) is 9.02. The number of para-hydroxylation sites is 1. The number of anilines is 1. The van der Waals surface area contributed by atoms with E-state index in [0.29, 0.717) is 6.54 Å². The number of aliphatic hydroxyl groups is 1. The van der Waals surface area contributed by atoms with Crippen molar-refractivity contribution in [2.24, 2.45) is 0 Å². The van der Waals surface area contributed by atoms with Crippen LogP contribution in [0.25, 0.3) is 10.2 Å². The maximum Gasteiger partial charge on any atom is 0.186 e. The van der Waals surface area contributed by atoms with Gasteiger partial charge in [0, 0.05) is 44.4 Å². The molecule has 0 bridgehead atoms. The van der Waals surface area contributed by atoms with Crippen molar-refractivity contribution in [2.75, 3.05) is 37.6 Å². The van der Waals surface area contributed by atoms with Gasteiger partial charge in [0.1, 0.15) is 11.6 Å². The molecule has 4 nitrogen and oxygen atoms in total. The van der Waals surface area contributed by atoms with Gasteiger partial charge in [-0.3, -0.25) is 4.90 Å². The van der Waals surface area contributed by atoms with E-state index in [0.717, 1.165) is 42.9 Å². The molecule has 0 aliphatic carbocycles. The Hall–Kier alpha value is -2.09. The topological polar surface area (TPSA) is 39.6 Å². The molecule has 1 saturated heterocycles. The molecule has 2 aromatic carbocycles. The van der Waals surface area contributed by atoms with E-state index in [1.165, 1.54) is 16.8 Å². The minimum atomic E-state index is -0.968. The second-order valence-electron chi connectivity index (χ2n) is 6.43. The molecular weight excluding hydrogens is 356 g/mol. The van der Waals surface area contributed by atoms with Crippen LogP contribution in [0.2, 0.25) is 0 Å². The minimum Gasteiger partial charge on any atom is -0.387 e. The first kappa shape index (κ1) is 17.3. The lowest BCUT2D eigenvalue weighted by Gasteiger charge is -2.35. The molecule has 26 heavy (non-hydrogen) atoms. The maximum absolute atomic E-state index is 13.8. The average molecular weight is 375 g/mol. The zero-order valence-electron chi connectivity index (χ0n) is 14.1. The number of benzene rings is 2. The molecule has 1 aliphatic rings. The number of aromatic nitrogens is 1. The van der Waals surface area contributed by atoms with Gasteiger partial charge in [0.2, 0.25) is 0 Å². The van der Waals surface area contributed by atoms with Gasteiger partial charge in [0.25, 0.3) is 0 Å². The van der Waals surface area contributed by atoms with Crippen molar-refractivity contribution < 1.29 is 13.9 Å². The van der Waals surface area contributed by atoms with Crippen LogP contribution in [0.1, 0.15) is 11.7 Å². The Labute approximate surface area is 154 Å². The van der Waals surface area contributed by atoms with Crippen molar-refractivity contribution >= 4 is 26.7 Å². The molecule has 0 radical (unpaired) electrons. The third-order valence-corrected chi connectivity index (χ3v) is 5.78. The van der Waals surface area contributed by atoms with Gasteiger partial charge in [-0.25, -0.2) is 13.8 Å². The number of hydrogen-bond acceptors (Lipinski definition) is 5. The lowest BCUT2D eigenvalue weighted by atomic mass is 10.1. The van der Waals surface area contributed by atoms with E-state index in [1.807, 2.05) is 18.2 Å². The van der Waals surface area contributed by atoms with Gasteiger partial charge in [-0.2, -0.15) is 0 Å². The number of fused-ring (bicyclic) bond motifs is 1. The summed E-state index contributed by atoms with van der Waals surface area (Å²) in [6.45, 7) is 3.46. The van der Waals surface area contributed by atoms with Crippen molar-refractivity contribution in [3.63, 3.8) is 0 Å². The molecule has 0 amide bonds. The minimum absolute atomic E-state index is 0.139. The Kier molecular flexibility index (Phi) is 4.84. The predicted molar refractivity (Wildman–Crippen MR) is 99.6 cm³/mol. The van der Waals surface area contributed by atoms with Crippen molar-refractivity contribution in [3.05, 3.63) is 59.7 Å². The third-order valence-electron chi connectivity index (χ3n) is 4.68. The van der Waals surface area contributed by atoms with Crippen LogP contribution in [0.5, 0.6) is 0 Å². The van der Waals surface area contributed by atoms with Gasteiger partial charge >= 0.3 is 0 Å². The number of thiazole rings is 1. The fraction of sp³-hybridized carbons (Fsp3) is 0.316. The third kappa shape index (κ3) is 3.56. The van der Waals surface area contributed by atoms with Crippen LogP contribution in [0.3, 0.4) is 0 Å². The monoisotopic (exact) mass is 375 g/mol. The van der Waals surface area contributed by atoms with Crippen molar-refractivity contribution in [2.45, 2.75) is 6.10 Å². The van der Waals surface area contributed by atoms with Crippen LogP contribution in [0, 0.1) is 11.6 Å². The van der Waals surface area contributed by atoms with Crippen LogP contribution < -0.4 is 4.90 Å². The maximum atomic E-state index is 13.8. The molecule has 1 fully saturated rings. The van der Waals surface area contributed by atoms with E-state index in [-0.39, 0.29) is 5.56 Å². The number of piperazine rings is 1. The van der Waals surface area contributed by atoms with Gasteiger partial charge in [-0.05, 0) is 18.2 Å². The Morgan fingerprint density at radius 3 is 2.58 bits per heavy atom. The zero-order valence-corrected chi connectivity index (χ0v) is 14.9. The molecular formula is C19H19F2N3OS. The zero-order chi connectivity index (χ0) is 18.1. The highest BCUT2D eigenvalue weighted by Crippen LogP contribution is 2.29. The van der Waals surface area contributed by atoms with Crippen LogP contribution in [0.15, 0.2) is 42.5 Å². The standard InChI is InChI=1S/C19H19F2N3OS/c20-13-5-6-14(15(21)11-13)17(25)12-23-7-9-24(10-8-23)19-22-16-3-1-2-4-18(16)26-19/h1-6,11,17,25H,7-10,12H2. The Bertz CT molecular complexity index is 876. The number of nitrogens with zero attached hydrogens (tertiary/aromatic N) is 3. The quantitative estimate of drug-likeness (QED) is 0.758. The lowest BCUT2D eigenvalue weighted by molar-refractivity contribution is 0.106. The first-order valence-corrected chi connectivity index (χ1v) is 9.38. The summed E-state index contributed by atoms with van der Waals surface area (Å²) in [5, 5.41) is 11.3. The summed E-state index contributed by atoms with van der Waals surface area (Å²) in [5.74, 6) is -1.34. The van der Waals surface area contributed by atoms with E-state index in [2.05, 4.69) is 20.9 Å². The normalized spacial score (nSPS) is 17.0. The molecule has 0 saturated carbocycles. The Morgan fingerprint density at radius 1 is 1.08 bits per heavy atom. The molecule has 1 aliphatic heterocycles. The van der Waals surface area contributed by atoms with E-state index in [4.69, 9.17) is 0 Å². The van der Waals surface area contributed by atoms with Crippen molar-refractivity contribution in [1.29, 1.82) is 0 Å². The van der Waals surface area contributed by atoms with E-state index in [1.54, 1.807) is 11.3 Å². The molecule has 136 valence electrons. The Balaban J connectivity index is 1.37. The summed E-state index contributed by atoms with van der Waals surface area (Å²) in [6.07, 6.45) is -0.968. The summed E-state index contributed by atoms with van der Waals surface area (Å²) in [7, 11) is 0. The number of aliphatic hydroxyl groups excluding tert-OH is 1. The van der Waals surface area contributed by atoms with Crippen LogP contribution in [-0.2, 0) is 0 Å².